The third kappa shape index (κ3) is 4.03. The van der Waals surface area contributed by atoms with Gasteiger partial charge in [-0.05, 0) is 19.1 Å². The van der Waals surface area contributed by atoms with Crippen LogP contribution >= 0.6 is 0 Å². The van der Waals surface area contributed by atoms with Gasteiger partial charge in [-0.1, -0.05) is 0 Å². The number of nitro benzene ring substituents is 1. The summed E-state index contributed by atoms with van der Waals surface area (Å²) in [6.07, 6.45) is 3.54. The van der Waals surface area contributed by atoms with Gasteiger partial charge < -0.3 is 10.6 Å². The van der Waals surface area contributed by atoms with Crippen molar-refractivity contribution in [3.05, 3.63) is 52.3 Å². The molecule has 0 radical (unpaired) electrons. The summed E-state index contributed by atoms with van der Waals surface area (Å²) < 4.78 is 1.77. The number of nitrogens with one attached hydrogen (secondary N) is 2. The first-order valence-electron chi connectivity index (χ1n) is 6.39. The van der Waals surface area contributed by atoms with E-state index in [2.05, 4.69) is 15.7 Å². The van der Waals surface area contributed by atoms with Crippen LogP contribution in [0.5, 0.6) is 0 Å². The summed E-state index contributed by atoms with van der Waals surface area (Å²) in [5, 5.41) is 19.9. The third-order valence-corrected chi connectivity index (χ3v) is 2.80. The zero-order valence-corrected chi connectivity index (χ0v) is 11.4. The molecular formula is C13H15N5O3. The molecule has 0 spiro atoms. The molecule has 0 unspecified atom stereocenters. The molecule has 110 valence electrons. The molecule has 2 rings (SSSR count). The lowest BCUT2D eigenvalue weighted by atomic mass is 10.3. The molecule has 0 aliphatic carbocycles. The van der Waals surface area contributed by atoms with Gasteiger partial charge in [0.2, 0.25) is 0 Å². The maximum Gasteiger partial charge on any atom is 0.319 e. The average molecular weight is 289 g/mol. The molecule has 0 saturated heterocycles. The normalized spacial score (nSPS) is 10.1. The molecule has 0 aliphatic rings. The standard InChI is InChI=1S/C13H15N5O3/c1-2-17-9-10(8-15-17)7-14-13(19)16-11-3-5-12(6-4-11)18(20)21/h3-6,8-9H,2,7H2,1H3,(H2,14,16,19). The molecule has 0 bridgehead atoms. The molecule has 8 nitrogen and oxygen atoms in total. The van der Waals surface area contributed by atoms with Crippen LogP contribution in [0.4, 0.5) is 16.2 Å². The van der Waals surface area contributed by atoms with E-state index in [4.69, 9.17) is 0 Å². The summed E-state index contributed by atoms with van der Waals surface area (Å²) in [6.45, 7) is 3.11. The van der Waals surface area contributed by atoms with Crippen LogP contribution < -0.4 is 10.6 Å². The van der Waals surface area contributed by atoms with Crippen molar-refractivity contribution in [2.24, 2.45) is 0 Å². The number of carbonyl (C=O) groups excluding carboxylic acids is 1. The lowest BCUT2D eigenvalue weighted by Gasteiger charge is -2.06. The number of non-ortho nitro benzene ring substituents is 1. The van der Waals surface area contributed by atoms with E-state index in [0.717, 1.165) is 12.1 Å². The van der Waals surface area contributed by atoms with Crippen LogP contribution in [-0.4, -0.2) is 20.7 Å². The van der Waals surface area contributed by atoms with Crippen molar-refractivity contribution < 1.29 is 9.72 Å². The Bertz CT molecular complexity index is 636. The number of nitrogens with zero attached hydrogens (tertiary/aromatic N) is 3. The zero-order chi connectivity index (χ0) is 15.2. The Morgan fingerprint density at radius 1 is 1.38 bits per heavy atom. The Hall–Kier alpha value is -2.90. The molecule has 2 N–H and O–H groups in total. The topological polar surface area (TPSA) is 102 Å². The van der Waals surface area contributed by atoms with Gasteiger partial charge in [-0.15, -0.1) is 0 Å². The fourth-order valence-electron chi connectivity index (χ4n) is 1.69. The fourth-order valence-corrected chi connectivity index (χ4v) is 1.69. The van der Waals surface area contributed by atoms with E-state index >= 15 is 0 Å². The van der Waals surface area contributed by atoms with Crippen molar-refractivity contribution in [3.63, 3.8) is 0 Å². The maximum atomic E-state index is 11.7. The largest absolute Gasteiger partial charge is 0.334 e. The lowest BCUT2D eigenvalue weighted by molar-refractivity contribution is -0.384. The third-order valence-electron chi connectivity index (χ3n) is 2.80. The average Bonchev–Trinajstić information content (AvgIpc) is 2.94. The van der Waals surface area contributed by atoms with E-state index in [1.54, 1.807) is 10.9 Å². The number of rotatable bonds is 5. The van der Waals surface area contributed by atoms with Crippen LogP contribution in [0.25, 0.3) is 0 Å². The van der Waals surface area contributed by atoms with Crippen LogP contribution in [0, 0.1) is 10.1 Å². The number of nitro groups is 1. The minimum Gasteiger partial charge on any atom is -0.334 e. The monoisotopic (exact) mass is 289 g/mol. The second-order valence-corrected chi connectivity index (χ2v) is 4.32. The number of amides is 2. The predicted molar refractivity (Wildman–Crippen MR) is 76.9 cm³/mol. The molecule has 1 aromatic carbocycles. The van der Waals surface area contributed by atoms with Crippen LogP contribution in [0.1, 0.15) is 12.5 Å². The van der Waals surface area contributed by atoms with Crippen LogP contribution in [0.15, 0.2) is 36.7 Å². The number of anilines is 1. The minimum atomic E-state index is -0.491. The number of hydrogen-bond acceptors (Lipinski definition) is 4. The van der Waals surface area contributed by atoms with E-state index < -0.39 is 4.92 Å². The highest BCUT2D eigenvalue weighted by Crippen LogP contribution is 2.15. The quantitative estimate of drug-likeness (QED) is 0.650. The molecule has 1 heterocycles. The smallest absolute Gasteiger partial charge is 0.319 e. The van der Waals surface area contributed by atoms with Gasteiger partial charge in [0.25, 0.3) is 5.69 Å². The lowest BCUT2D eigenvalue weighted by Crippen LogP contribution is -2.28. The summed E-state index contributed by atoms with van der Waals surface area (Å²) >= 11 is 0. The van der Waals surface area contributed by atoms with Crippen LogP contribution in [-0.2, 0) is 13.1 Å². The number of urea groups is 1. The van der Waals surface area contributed by atoms with Gasteiger partial charge in [-0.3, -0.25) is 14.8 Å². The van der Waals surface area contributed by atoms with Gasteiger partial charge in [0.1, 0.15) is 0 Å². The minimum absolute atomic E-state index is 0.0204. The first-order valence-corrected chi connectivity index (χ1v) is 6.39. The Labute approximate surface area is 120 Å². The SMILES string of the molecule is CCn1cc(CNC(=O)Nc2ccc([N+](=O)[O-])cc2)cn1. The second kappa shape index (κ2) is 6.51. The molecular weight excluding hydrogens is 274 g/mol. The first-order chi connectivity index (χ1) is 10.1. The molecule has 2 amide bonds. The van der Waals surface area contributed by atoms with Crippen LogP contribution in [0.3, 0.4) is 0 Å². The predicted octanol–water partition coefficient (Wildman–Crippen LogP) is 2.13. The number of aromatic nitrogens is 2. The Balaban J connectivity index is 1.85. The van der Waals surface area contributed by atoms with Gasteiger partial charge in [0, 0.05) is 42.7 Å². The molecule has 0 saturated carbocycles. The highest BCUT2D eigenvalue weighted by molar-refractivity contribution is 5.89. The Kier molecular flexibility index (Phi) is 4.50. The van der Waals surface area contributed by atoms with Crippen molar-refractivity contribution in [3.8, 4) is 0 Å². The van der Waals surface area contributed by atoms with Gasteiger partial charge in [-0.25, -0.2) is 4.79 Å². The molecule has 0 atom stereocenters. The maximum absolute atomic E-state index is 11.7. The zero-order valence-electron chi connectivity index (χ0n) is 11.4. The van der Waals surface area contributed by atoms with Gasteiger partial charge >= 0.3 is 6.03 Å². The van der Waals surface area contributed by atoms with Gasteiger partial charge in [0.05, 0.1) is 11.1 Å². The number of benzene rings is 1. The summed E-state index contributed by atoms with van der Waals surface area (Å²) in [7, 11) is 0. The van der Waals surface area contributed by atoms with E-state index in [0.29, 0.717) is 12.2 Å². The van der Waals surface area contributed by atoms with Crippen molar-refractivity contribution >= 4 is 17.4 Å². The highest BCUT2D eigenvalue weighted by atomic mass is 16.6. The summed E-state index contributed by atoms with van der Waals surface area (Å²) in [5.74, 6) is 0. The van der Waals surface area contributed by atoms with E-state index in [1.165, 1.54) is 24.3 Å². The number of hydrogen-bond donors (Lipinski definition) is 2. The first kappa shape index (κ1) is 14.5. The van der Waals surface area contributed by atoms with Gasteiger partial charge in [-0.2, -0.15) is 5.10 Å². The van der Waals surface area contributed by atoms with Crippen molar-refractivity contribution in [2.75, 3.05) is 5.32 Å². The Morgan fingerprint density at radius 2 is 2.10 bits per heavy atom. The van der Waals surface area contributed by atoms with E-state index in [-0.39, 0.29) is 11.7 Å². The van der Waals surface area contributed by atoms with Gasteiger partial charge in [0.15, 0.2) is 0 Å². The van der Waals surface area contributed by atoms with Crippen molar-refractivity contribution in [1.82, 2.24) is 15.1 Å². The van der Waals surface area contributed by atoms with Crippen molar-refractivity contribution in [1.29, 1.82) is 0 Å². The summed E-state index contributed by atoms with van der Waals surface area (Å²) in [5.41, 5.74) is 1.37. The fraction of sp³-hybridized carbons (Fsp3) is 0.231. The molecule has 2 aromatic rings. The van der Waals surface area contributed by atoms with Crippen LogP contribution in [0.2, 0.25) is 0 Å². The Morgan fingerprint density at radius 3 is 2.67 bits per heavy atom. The van der Waals surface area contributed by atoms with Crippen molar-refractivity contribution in [2.45, 2.75) is 20.0 Å². The van der Waals surface area contributed by atoms with E-state index in [9.17, 15) is 14.9 Å². The highest BCUT2D eigenvalue weighted by Gasteiger charge is 2.06. The molecule has 0 aliphatic heterocycles. The molecule has 8 heteroatoms. The van der Waals surface area contributed by atoms with E-state index in [1.807, 2.05) is 13.1 Å². The second-order valence-electron chi connectivity index (χ2n) is 4.32. The number of aryl methyl sites for hydroxylation is 1. The molecule has 21 heavy (non-hydrogen) atoms. The molecule has 0 fully saturated rings. The summed E-state index contributed by atoms with van der Waals surface area (Å²) in [4.78, 5) is 21.7. The number of carbonyl (C=O) groups is 1. The summed E-state index contributed by atoms with van der Waals surface area (Å²) in [6, 6.07) is 5.25. The molecule has 1 aromatic heterocycles.